The lowest BCUT2D eigenvalue weighted by atomic mass is 9.67. The Morgan fingerprint density at radius 2 is 1.21 bits per heavy atom. The van der Waals surface area contributed by atoms with Crippen LogP contribution < -0.4 is 9.64 Å². The molecule has 58 heavy (non-hydrogen) atoms. The number of hydrogen-bond acceptors (Lipinski definition) is 9. The number of para-hydroxylation sites is 3. The van der Waals surface area contributed by atoms with E-state index in [-0.39, 0.29) is 0 Å². The Morgan fingerprint density at radius 3 is 2.00 bits per heavy atom. The van der Waals surface area contributed by atoms with E-state index >= 15 is 0 Å². The number of hydrogen-bond donors (Lipinski definition) is 0. The van der Waals surface area contributed by atoms with Crippen molar-refractivity contribution in [2.45, 2.75) is 15.2 Å². The molecule has 4 aromatic carbocycles. The summed E-state index contributed by atoms with van der Waals surface area (Å²) in [5.41, 5.74) is 12.3. The van der Waals surface area contributed by atoms with Gasteiger partial charge in [-0.1, -0.05) is 78.5 Å². The van der Waals surface area contributed by atoms with Crippen molar-refractivity contribution in [1.29, 1.82) is 0 Å². The van der Waals surface area contributed by atoms with Gasteiger partial charge in [0.25, 0.3) is 0 Å². The molecule has 2 aliphatic heterocycles. The first-order chi connectivity index (χ1) is 28.8. The predicted octanol–water partition coefficient (Wildman–Crippen LogP) is 11.5. The maximum atomic E-state index is 6.97. The highest BCUT2D eigenvalue weighted by Crippen LogP contribution is 2.65. The van der Waals surface area contributed by atoms with Crippen molar-refractivity contribution in [2.24, 2.45) is 0 Å². The van der Waals surface area contributed by atoms with Crippen molar-refractivity contribution < 1.29 is 4.74 Å². The molecule has 3 aliphatic rings. The monoisotopic (exact) mass is 763 g/mol. The van der Waals surface area contributed by atoms with Gasteiger partial charge in [0.05, 0.1) is 44.5 Å². The van der Waals surface area contributed by atoms with Crippen LogP contribution >= 0.6 is 11.8 Å². The van der Waals surface area contributed by atoms with E-state index in [0.717, 1.165) is 88.9 Å². The molecule has 1 aliphatic carbocycles. The molecule has 5 aromatic heterocycles. The first-order valence-corrected chi connectivity index (χ1v) is 19.8. The first-order valence-electron chi connectivity index (χ1n) is 19.0. The van der Waals surface area contributed by atoms with Gasteiger partial charge in [0, 0.05) is 52.7 Å². The molecule has 1 spiro atoms. The Morgan fingerprint density at radius 1 is 0.517 bits per heavy atom. The first kappa shape index (κ1) is 32.7. The van der Waals surface area contributed by atoms with Gasteiger partial charge in [0.1, 0.15) is 5.69 Å². The molecular formula is C49H29N7OS. The Hall–Kier alpha value is -7.49. The van der Waals surface area contributed by atoms with Gasteiger partial charge in [-0.2, -0.15) is 0 Å². The molecule has 0 N–H and O–H groups in total. The van der Waals surface area contributed by atoms with E-state index in [4.69, 9.17) is 24.7 Å². The molecule has 0 saturated carbocycles. The fraction of sp³-hybridized carbons (Fsp3) is 0.0204. The number of benzene rings is 4. The van der Waals surface area contributed by atoms with Crippen molar-refractivity contribution in [1.82, 2.24) is 29.9 Å². The fourth-order valence-electron chi connectivity index (χ4n) is 8.74. The maximum absolute atomic E-state index is 6.97. The molecule has 9 aromatic rings. The SMILES string of the molecule is c1ccc(N2c3ccccc3Oc3c2ccc2c3Sc3ccccc3C23c2cccnc2-c2nc(-c4nc(-c5cccnc5)cc(-c5cccnc5)n4)ccc23)cc1. The second-order valence-corrected chi connectivity index (χ2v) is 15.4. The third-order valence-electron chi connectivity index (χ3n) is 11.2. The summed E-state index contributed by atoms with van der Waals surface area (Å²) in [5.74, 6) is 2.13. The summed E-state index contributed by atoms with van der Waals surface area (Å²) in [5, 5.41) is 0. The number of pyridine rings is 4. The van der Waals surface area contributed by atoms with E-state index in [1.54, 1.807) is 24.2 Å². The smallest absolute Gasteiger partial charge is 0.179 e. The highest BCUT2D eigenvalue weighted by Gasteiger charge is 2.53. The van der Waals surface area contributed by atoms with E-state index in [9.17, 15) is 0 Å². The Bertz CT molecular complexity index is 3030. The van der Waals surface area contributed by atoms with Crippen LogP contribution in [0, 0.1) is 0 Å². The second kappa shape index (κ2) is 12.8. The van der Waals surface area contributed by atoms with Gasteiger partial charge in [0.15, 0.2) is 17.3 Å². The Balaban J connectivity index is 1.09. The van der Waals surface area contributed by atoms with Gasteiger partial charge in [0.2, 0.25) is 0 Å². The lowest BCUT2D eigenvalue weighted by molar-refractivity contribution is 0.461. The zero-order valence-electron chi connectivity index (χ0n) is 30.7. The lowest BCUT2D eigenvalue weighted by Gasteiger charge is -2.41. The van der Waals surface area contributed by atoms with Crippen LogP contribution in [0.4, 0.5) is 17.1 Å². The van der Waals surface area contributed by atoms with Gasteiger partial charge in [-0.05, 0) is 101 Å². The molecule has 0 saturated heterocycles. The minimum atomic E-state index is -0.728. The number of fused-ring (bicyclic) bond motifs is 12. The minimum absolute atomic E-state index is 0.503. The van der Waals surface area contributed by atoms with E-state index < -0.39 is 5.41 Å². The summed E-state index contributed by atoms with van der Waals surface area (Å²) in [6.07, 6.45) is 9.00. The number of rotatable bonds is 4. The topological polar surface area (TPSA) is 89.8 Å². The molecule has 1 unspecified atom stereocenters. The van der Waals surface area contributed by atoms with Crippen LogP contribution in [0.2, 0.25) is 0 Å². The normalized spacial score (nSPS) is 15.3. The van der Waals surface area contributed by atoms with Crippen molar-refractivity contribution in [3.05, 3.63) is 199 Å². The molecule has 1 atom stereocenters. The number of aromatic nitrogens is 6. The molecular weight excluding hydrogens is 735 g/mol. The summed E-state index contributed by atoms with van der Waals surface area (Å²) < 4.78 is 6.97. The summed E-state index contributed by atoms with van der Waals surface area (Å²) in [6.45, 7) is 0. The Labute approximate surface area is 338 Å². The van der Waals surface area contributed by atoms with Crippen molar-refractivity contribution in [3.8, 4) is 56.9 Å². The van der Waals surface area contributed by atoms with E-state index in [0.29, 0.717) is 11.5 Å². The average molecular weight is 764 g/mol. The number of nitrogens with zero attached hydrogens (tertiary/aromatic N) is 7. The standard InChI is InChI=1S/C49H29N7OS/c1-2-13-32(14-3-1)56-40-17-5-6-18-42(40)57-46-41(56)23-21-36-47(46)58-43-19-7-4-15-33(43)49(36)34-16-10-26-52-44(34)45-35(49)20-22-37(53-45)48-54-38(30-11-8-24-50-28-30)27-39(55-48)31-12-9-25-51-29-31/h1-29H. The van der Waals surface area contributed by atoms with Gasteiger partial charge < -0.3 is 9.64 Å². The maximum Gasteiger partial charge on any atom is 0.179 e. The van der Waals surface area contributed by atoms with Crippen LogP contribution in [0.3, 0.4) is 0 Å². The summed E-state index contributed by atoms with van der Waals surface area (Å²) in [6, 6.07) is 50.2. The van der Waals surface area contributed by atoms with Crippen LogP contribution in [-0.4, -0.2) is 29.9 Å². The minimum Gasteiger partial charge on any atom is -0.452 e. The molecule has 8 nitrogen and oxygen atoms in total. The van der Waals surface area contributed by atoms with E-state index in [1.165, 1.54) is 5.56 Å². The third-order valence-corrected chi connectivity index (χ3v) is 12.4. The molecule has 0 bridgehead atoms. The quantitative estimate of drug-likeness (QED) is 0.174. The van der Waals surface area contributed by atoms with Crippen molar-refractivity contribution >= 4 is 28.8 Å². The number of ether oxygens (including phenoxy) is 1. The fourth-order valence-corrected chi connectivity index (χ4v) is 10.0. The predicted molar refractivity (Wildman–Crippen MR) is 226 cm³/mol. The molecule has 7 heterocycles. The molecule has 0 amide bonds. The van der Waals surface area contributed by atoms with E-state index in [2.05, 4.69) is 99.8 Å². The highest BCUT2D eigenvalue weighted by molar-refractivity contribution is 7.99. The van der Waals surface area contributed by atoms with Crippen molar-refractivity contribution in [2.75, 3.05) is 4.90 Å². The third kappa shape index (κ3) is 4.77. The average Bonchev–Trinajstić information content (AvgIpc) is 3.59. The summed E-state index contributed by atoms with van der Waals surface area (Å²) in [7, 11) is 0. The van der Waals surface area contributed by atoms with Crippen LogP contribution in [-0.2, 0) is 5.41 Å². The van der Waals surface area contributed by atoms with Gasteiger partial charge in [-0.25, -0.2) is 15.0 Å². The van der Waals surface area contributed by atoms with Gasteiger partial charge in [-0.3, -0.25) is 15.0 Å². The summed E-state index contributed by atoms with van der Waals surface area (Å²) >= 11 is 1.76. The van der Waals surface area contributed by atoms with Crippen molar-refractivity contribution in [3.63, 3.8) is 0 Å². The highest BCUT2D eigenvalue weighted by atomic mass is 32.2. The van der Waals surface area contributed by atoms with Gasteiger partial charge in [-0.15, -0.1) is 0 Å². The van der Waals surface area contributed by atoms with Crippen LogP contribution in [0.25, 0.3) is 45.4 Å². The van der Waals surface area contributed by atoms with Crippen LogP contribution in [0.1, 0.15) is 22.3 Å². The van der Waals surface area contributed by atoms with Crippen LogP contribution in [0.5, 0.6) is 11.5 Å². The zero-order valence-corrected chi connectivity index (χ0v) is 31.5. The lowest BCUT2D eigenvalue weighted by Crippen LogP contribution is -2.32. The summed E-state index contributed by atoms with van der Waals surface area (Å²) in [4.78, 5) is 33.9. The molecule has 0 fully saturated rings. The second-order valence-electron chi connectivity index (χ2n) is 14.3. The number of anilines is 3. The zero-order chi connectivity index (χ0) is 38.2. The van der Waals surface area contributed by atoms with Crippen LogP contribution in [0.15, 0.2) is 186 Å². The van der Waals surface area contributed by atoms with E-state index in [1.807, 2.05) is 79.3 Å². The largest absolute Gasteiger partial charge is 0.452 e. The molecule has 0 radical (unpaired) electrons. The molecule has 12 rings (SSSR count). The molecule has 9 heteroatoms. The Kier molecular flexibility index (Phi) is 7.21. The van der Waals surface area contributed by atoms with Gasteiger partial charge >= 0.3 is 0 Å². The molecule has 272 valence electrons.